The first kappa shape index (κ1) is 19.2. The van der Waals surface area contributed by atoms with Gasteiger partial charge < -0.3 is 9.80 Å². The van der Waals surface area contributed by atoms with Gasteiger partial charge in [-0.3, -0.25) is 0 Å². The van der Waals surface area contributed by atoms with Gasteiger partial charge in [0.1, 0.15) is 0 Å². The lowest BCUT2D eigenvalue weighted by Crippen LogP contribution is -2.39. The molecule has 0 saturated carbocycles. The van der Waals surface area contributed by atoms with Crippen LogP contribution in [0.5, 0.6) is 0 Å². The largest absolute Gasteiger partial charge is 0.306 e. The summed E-state index contributed by atoms with van der Waals surface area (Å²) in [4.78, 5) is 4.85. The van der Waals surface area contributed by atoms with Gasteiger partial charge in [0, 0.05) is 25.2 Å². The molecule has 2 nitrogen and oxygen atoms in total. The Labute approximate surface area is 138 Å². The predicted octanol–water partition coefficient (Wildman–Crippen LogP) is 4.09. The molecule has 126 valence electrons. The van der Waals surface area contributed by atoms with E-state index >= 15 is 0 Å². The Kier molecular flexibility index (Phi) is 7.58. The van der Waals surface area contributed by atoms with Crippen molar-refractivity contribution in [2.24, 2.45) is 5.92 Å². The van der Waals surface area contributed by atoms with E-state index in [-0.39, 0.29) is 5.54 Å². The van der Waals surface area contributed by atoms with Gasteiger partial charge in [0.25, 0.3) is 0 Å². The zero-order chi connectivity index (χ0) is 16.8. The maximum atomic E-state index is 2.43. The molecule has 0 saturated heterocycles. The topological polar surface area (TPSA) is 6.48 Å². The average molecular weight is 305 g/mol. The van der Waals surface area contributed by atoms with Crippen molar-refractivity contribution in [1.29, 1.82) is 0 Å². The fourth-order valence-electron chi connectivity index (χ4n) is 2.54. The van der Waals surface area contributed by atoms with Crippen LogP contribution < -0.4 is 0 Å². The van der Waals surface area contributed by atoms with Crippen molar-refractivity contribution in [2.75, 3.05) is 33.7 Å². The fraction of sp³-hybridized carbons (Fsp3) is 0.700. The van der Waals surface area contributed by atoms with Crippen molar-refractivity contribution in [3.8, 4) is 0 Å². The molecule has 22 heavy (non-hydrogen) atoms. The minimum Gasteiger partial charge on any atom is -0.306 e. The zero-order valence-electron chi connectivity index (χ0n) is 15.8. The van der Waals surface area contributed by atoms with E-state index in [1.165, 1.54) is 17.7 Å². The summed E-state index contributed by atoms with van der Waals surface area (Å²) in [6, 6.07) is 9.20. The molecule has 0 unspecified atom stereocenters. The Balaban J connectivity index is 2.40. The summed E-state index contributed by atoms with van der Waals surface area (Å²) in [7, 11) is 4.43. The standard InChI is InChI=1S/C20H36N2/c1-17(2)16-21(6)14-12-18-8-10-19(11-9-18)13-15-22(7)20(3,4)5/h8-11,17H,12-16H2,1-7H3. The first-order valence-corrected chi connectivity index (χ1v) is 8.66. The summed E-state index contributed by atoms with van der Waals surface area (Å²) in [5, 5.41) is 0. The zero-order valence-corrected chi connectivity index (χ0v) is 15.8. The third-order valence-electron chi connectivity index (χ3n) is 4.36. The molecule has 2 heteroatoms. The lowest BCUT2D eigenvalue weighted by Gasteiger charge is -2.31. The van der Waals surface area contributed by atoms with Crippen molar-refractivity contribution < 1.29 is 0 Å². The number of likely N-dealkylation sites (N-methyl/N-ethyl adjacent to an activating group) is 2. The molecule has 0 atom stereocenters. The molecule has 0 fully saturated rings. The van der Waals surface area contributed by atoms with Crippen molar-refractivity contribution in [1.82, 2.24) is 9.80 Å². The second-order valence-corrected chi connectivity index (χ2v) is 8.06. The molecule has 0 aromatic heterocycles. The molecular weight excluding hydrogens is 268 g/mol. The Bertz CT molecular complexity index is 414. The van der Waals surface area contributed by atoms with Gasteiger partial charge in [-0.05, 0) is 64.8 Å². The van der Waals surface area contributed by atoms with Crippen molar-refractivity contribution in [3.63, 3.8) is 0 Å². The summed E-state index contributed by atoms with van der Waals surface area (Å²) in [5.41, 5.74) is 3.14. The van der Waals surface area contributed by atoms with Gasteiger partial charge in [0.15, 0.2) is 0 Å². The van der Waals surface area contributed by atoms with Crippen LogP contribution in [0.3, 0.4) is 0 Å². The Morgan fingerprint density at radius 1 is 0.864 bits per heavy atom. The second kappa shape index (κ2) is 8.69. The molecule has 0 heterocycles. The average Bonchev–Trinajstić information content (AvgIpc) is 2.41. The van der Waals surface area contributed by atoms with E-state index in [1.54, 1.807) is 0 Å². The van der Waals surface area contributed by atoms with Crippen molar-refractivity contribution in [2.45, 2.75) is 53.0 Å². The third-order valence-corrected chi connectivity index (χ3v) is 4.36. The normalized spacial score (nSPS) is 12.6. The molecular formula is C20H36N2. The molecule has 0 radical (unpaired) electrons. The molecule has 1 rings (SSSR count). The molecule has 0 amide bonds. The van der Waals surface area contributed by atoms with E-state index < -0.39 is 0 Å². The van der Waals surface area contributed by atoms with Crippen molar-refractivity contribution in [3.05, 3.63) is 35.4 Å². The van der Waals surface area contributed by atoms with Crippen LogP contribution in [0.15, 0.2) is 24.3 Å². The monoisotopic (exact) mass is 304 g/mol. The minimum absolute atomic E-state index is 0.251. The minimum atomic E-state index is 0.251. The highest BCUT2D eigenvalue weighted by Gasteiger charge is 2.16. The molecule has 0 aliphatic rings. The van der Waals surface area contributed by atoms with Crippen LogP contribution in [-0.2, 0) is 12.8 Å². The van der Waals surface area contributed by atoms with Crippen molar-refractivity contribution >= 4 is 0 Å². The van der Waals surface area contributed by atoms with Gasteiger partial charge in [-0.2, -0.15) is 0 Å². The van der Waals surface area contributed by atoms with Gasteiger partial charge in [0.05, 0.1) is 0 Å². The van der Waals surface area contributed by atoms with E-state index in [2.05, 4.69) is 82.8 Å². The van der Waals surface area contributed by atoms with E-state index in [4.69, 9.17) is 0 Å². The Morgan fingerprint density at radius 3 is 1.73 bits per heavy atom. The number of hydrogen-bond acceptors (Lipinski definition) is 2. The Hall–Kier alpha value is -0.860. The summed E-state index contributed by atoms with van der Waals surface area (Å²) < 4.78 is 0. The van der Waals surface area contributed by atoms with Crippen LogP contribution in [0.1, 0.15) is 45.7 Å². The third kappa shape index (κ3) is 7.42. The quantitative estimate of drug-likeness (QED) is 0.714. The number of benzene rings is 1. The number of hydrogen-bond donors (Lipinski definition) is 0. The highest BCUT2D eigenvalue weighted by Crippen LogP contribution is 2.12. The first-order chi connectivity index (χ1) is 10.2. The molecule has 0 bridgehead atoms. The van der Waals surface area contributed by atoms with Crippen LogP contribution in [0.2, 0.25) is 0 Å². The molecule has 0 aliphatic heterocycles. The van der Waals surface area contributed by atoms with Gasteiger partial charge in [-0.25, -0.2) is 0 Å². The van der Waals surface area contributed by atoms with Gasteiger partial charge in [-0.15, -0.1) is 0 Å². The fourth-order valence-corrected chi connectivity index (χ4v) is 2.54. The van der Waals surface area contributed by atoms with E-state index in [1.807, 2.05) is 0 Å². The number of nitrogens with zero attached hydrogens (tertiary/aromatic N) is 2. The molecule has 1 aromatic rings. The van der Waals surface area contributed by atoms with E-state index in [0.717, 1.165) is 31.8 Å². The van der Waals surface area contributed by atoms with Crippen LogP contribution in [0.25, 0.3) is 0 Å². The van der Waals surface area contributed by atoms with E-state index in [9.17, 15) is 0 Å². The van der Waals surface area contributed by atoms with Crippen LogP contribution in [0, 0.1) is 5.92 Å². The SMILES string of the molecule is CC(C)CN(C)CCc1ccc(CCN(C)C(C)(C)C)cc1. The summed E-state index contributed by atoms with van der Waals surface area (Å²) >= 11 is 0. The van der Waals surface area contributed by atoms with Crippen LogP contribution in [-0.4, -0.2) is 49.1 Å². The van der Waals surface area contributed by atoms with Gasteiger partial charge in [-0.1, -0.05) is 38.1 Å². The van der Waals surface area contributed by atoms with E-state index in [0.29, 0.717) is 0 Å². The molecule has 0 spiro atoms. The highest BCUT2D eigenvalue weighted by atomic mass is 15.1. The van der Waals surface area contributed by atoms with Gasteiger partial charge >= 0.3 is 0 Å². The first-order valence-electron chi connectivity index (χ1n) is 8.66. The summed E-state index contributed by atoms with van der Waals surface area (Å²) in [5.74, 6) is 0.743. The lowest BCUT2D eigenvalue weighted by molar-refractivity contribution is 0.178. The Morgan fingerprint density at radius 2 is 1.32 bits per heavy atom. The predicted molar refractivity (Wildman–Crippen MR) is 98.6 cm³/mol. The van der Waals surface area contributed by atoms with Gasteiger partial charge in [0.2, 0.25) is 0 Å². The molecule has 1 aromatic carbocycles. The summed E-state index contributed by atoms with van der Waals surface area (Å²) in [6.45, 7) is 14.8. The van der Waals surface area contributed by atoms with Crippen LogP contribution >= 0.6 is 0 Å². The summed E-state index contributed by atoms with van der Waals surface area (Å²) in [6.07, 6.45) is 2.27. The molecule has 0 N–H and O–H groups in total. The maximum Gasteiger partial charge on any atom is 0.0122 e. The maximum absolute atomic E-state index is 2.43. The lowest BCUT2D eigenvalue weighted by atomic mass is 10.0. The highest BCUT2D eigenvalue weighted by molar-refractivity contribution is 5.23. The smallest absolute Gasteiger partial charge is 0.0122 e. The second-order valence-electron chi connectivity index (χ2n) is 8.06. The number of rotatable bonds is 8. The van der Waals surface area contributed by atoms with Crippen LogP contribution in [0.4, 0.5) is 0 Å². The molecule has 0 aliphatic carbocycles.